The third-order valence-corrected chi connectivity index (χ3v) is 7.04. The molecule has 142 valence electrons. The highest BCUT2D eigenvalue weighted by atomic mass is 32.1. The number of thiazole rings is 1. The number of nitrogens with zero attached hydrogens (tertiary/aromatic N) is 3. The minimum absolute atomic E-state index is 0.0719. The molecule has 2 fully saturated rings. The van der Waals surface area contributed by atoms with E-state index < -0.39 is 5.79 Å². The van der Waals surface area contributed by atoms with Crippen molar-refractivity contribution >= 4 is 17.2 Å². The number of rotatable bonds is 2. The third-order valence-electron chi connectivity index (χ3n) is 5.87. The van der Waals surface area contributed by atoms with Crippen molar-refractivity contribution < 1.29 is 14.3 Å². The first-order valence-electron chi connectivity index (χ1n) is 9.68. The lowest BCUT2D eigenvalue weighted by atomic mass is 9.89. The number of ether oxygens (including phenoxy) is 2. The molecule has 5 rings (SSSR count). The molecule has 2 aromatic rings. The topological polar surface area (TPSA) is 64.6 Å². The molecule has 0 aromatic carbocycles. The van der Waals surface area contributed by atoms with E-state index in [-0.39, 0.29) is 11.8 Å². The van der Waals surface area contributed by atoms with Gasteiger partial charge in [-0.2, -0.15) is 0 Å². The van der Waals surface area contributed by atoms with Crippen LogP contribution in [-0.4, -0.2) is 52.9 Å². The molecular weight excluding hydrogens is 362 g/mol. The van der Waals surface area contributed by atoms with Crippen LogP contribution in [0, 0.1) is 5.92 Å². The lowest BCUT2D eigenvalue weighted by molar-refractivity contribution is -0.188. The maximum Gasteiger partial charge on any atom is 0.226 e. The van der Waals surface area contributed by atoms with Crippen molar-refractivity contribution in [2.45, 2.75) is 37.9 Å². The van der Waals surface area contributed by atoms with Gasteiger partial charge in [0.1, 0.15) is 5.01 Å². The van der Waals surface area contributed by atoms with E-state index >= 15 is 0 Å². The van der Waals surface area contributed by atoms with Crippen LogP contribution in [0.3, 0.4) is 0 Å². The Labute approximate surface area is 162 Å². The molecule has 0 N–H and O–H groups in total. The van der Waals surface area contributed by atoms with Gasteiger partial charge in [0.15, 0.2) is 5.79 Å². The zero-order chi connectivity index (χ0) is 18.3. The normalized spacial score (nSPS) is 24.1. The second-order valence-corrected chi connectivity index (χ2v) is 8.58. The van der Waals surface area contributed by atoms with Crippen LogP contribution in [0.2, 0.25) is 0 Å². The van der Waals surface area contributed by atoms with Gasteiger partial charge in [-0.3, -0.25) is 9.78 Å². The Morgan fingerprint density at radius 1 is 1.19 bits per heavy atom. The van der Waals surface area contributed by atoms with E-state index in [2.05, 4.69) is 4.98 Å². The number of piperidine rings is 1. The van der Waals surface area contributed by atoms with Gasteiger partial charge in [-0.15, -0.1) is 11.3 Å². The molecule has 1 spiro atoms. The lowest BCUT2D eigenvalue weighted by Crippen LogP contribution is -2.49. The van der Waals surface area contributed by atoms with Crippen molar-refractivity contribution in [2.75, 3.05) is 26.3 Å². The number of carbonyl (C=O) groups excluding carboxylic acids is 1. The maximum absolute atomic E-state index is 13.1. The molecular formula is C20H23N3O3S. The number of aromatic nitrogens is 2. The third kappa shape index (κ3) is 3.28. The molecule has 1 unspecified atom stereocenters. The second kappa shape index (κ2) is 6.96. The highest BCUT2D eigenvalue weighted by molar-refractivity contribution is 7.15. The number of hydrogen-bond acceptors (Lipinski definition) is 6. The Bertz CT molecular complexity index is 822. The summed E-state index contributed by atoms with van der Waals surface area (Å²) in [6.45, 7) is 2.80. The van der Waals surface area contributed by atoms with E-state index in [1.807, 2.05) is 17.0 Å². The summed E-state index contributed by atoms with van der Waals surface area (Å²) in [4.78, 5) is 25.2. The minimum Gasteiger partial charge on any atom is -0.347 e. The monoisotopic (exact) mass is 385 g/mol. The van der Waals surface area contributed by atoms with Crippen LogP contribution in [0.4, 0.5) is 0 Å². The van der Waals surface area contributed by atoms with Crippen molar-refractivity contribution in [3.05, 3.63) is 35.1 Å². The largest absolute Gasteiger partial charge is 0.347 e. The van der Waals surface area contributed by atoms with Crippen LogP contribution in [0.5, 0.6) is 0 Å². The van der Waals surface area contributed by atoms with Crippen molar-refractivity contribution in [2.24, 2.45) is 5.92 Å². The van der Waals surface area contributed by atoms with Gasteiger partial charge in [0, 0.05) is 54.7 Å². The molecule has 7 heteroatoms. The van der Waals surface area contributed by atoms with E-state index in [1.165, 1.54) is 10.6 Å². The quantitative estimate of drug-likeness (QED) is 0.795. The van der Waals surface area contributed by atoms with Crippen LogP contribution in [0.25, 0.3) is 10.6 Å². The average molecular weight is 385 g/mol. The summed E-state index contributed by atoms with van der Waals surface area (Å²) < 4.78 is 11.6. The number of fused-ring (bicyclic) bond motifs is 1. The minimum atomic E-state index is -0.423. The maximum atomic E-state index is 13.1. The number of amides is 1. The van der Waals surface area contributed by atoms with Crippen molar-refractivity contribution in [1.29, 1.82) is 0 Å². The molecule has 0 radical (unpaired) electrons. The number of carbonyl (C=O) groups is 1. The van der Waals surface area contributed by atoms with Gasteiger partial charge in [-0.1, -0.05) is 0 Å². The molecule has 1 atom stereocenters. The molecule has 6 nitrogen and oxygen atoms in total. The summed E-state index contributed by atoms with van der Waals surface area (Å²) in [5.74, 6) is -0.0664. The van der Waals surface area contributed by atoms with Gasteiger partial charge in [0.05, 0.1) is 18.9 Å². The fourth-order valence-electron chi connectivity index (χ4n) is 4.32. The Kier molecular flexibility index (Phi) is 4.46. The van der Waals surface area contributed by atoms with Crippen LogP contribution < -0.4 is 0 Å². The molecule has 2 saturated heterocycles. The SMILES string of the molecule is O=C(C1CCc2nc(-c3ccncc3)sc2C1)N1CCC2(CC1)OCCO2. The molecule has 0 saturated carbocycles. The summed E-state index contributed by atoms with van der Waals surface area (Å²) in [5, 5.41) is 1.03. The molecule has 1 amide bonds. The number of hydrogen-bond donors (Lipinski definition) is 0. The first kappa shape index (κ1) is 17.3. The van der Waals surface area contributed by atoms with Gasteiger partial charge >= 0.3 is 0 Å². The first-order valence-corrected chi connectivity index (χ1v) is 10.5. The van der Waals surface area contributed by atoms with E-state index in [0.717, 1.165) is 55.8 Å². The van der Waals surface area contributed by atoms with Crippen LogP contribution in [-0.2, 0) is 27.1 Å². The standard InChI is InChI=1S/C20H23N3O3S/c24-19(23-9-5-20(6-10-23)25-11-12-26-20)15-1-2-16-17(13-15)27-18(22-16)14-3-7-21-8-4-14/h3-4,7-8,15H,1-2,5-6,9-13H2. The van der Waals surface area contributed by atoms with E-state index in [9.17, 15) is 4.79 Å². The average Bonchev–Trinajstić information content (AvgIpc) is 3.35. The predicted octanol–water partition coefficient (Wildman–Crippen LogP) is 2.68. The van der Waals surface area contributed by atoms with Crippen molar-refractivity contribution in [3.63, 3.8) is 0 Å². The molecule has 1 aliphatic carbocycles. The molecule has 0 bridgehead atoms. The molecule has 2 aromatic heterocycles. The Hall–Kier alpha value is -1.83. The Morgan fingerprint density at radius 2 is 1.93 bits per heavy atom. The highest BCUT2D eigenvalue weighted by Crippen LogP contribution is 2.36. The van der Waals surface area contributed by atoms with Gasteiger partial charge < -0.3 is 14.4 Å². The summed E-state index contributed by atoms with van der Waals surface area (Å²) in [6.07, 6.45) is 7.74. The van der Waals surface area contributed by atoms with Gasteiger partial charge in [-0.05, 0) is 31.4 Å². The predicted molar refractivity (Wildman–Crippen MR) is 101 cm³/mol. The Morgan fingerprint density at radius 3 is 2.67 bits per heavy atom. The van der Waals surface area contributed by atoms with E-state index in [0.29, 0.717) is 13.2 Å². The Balaban J connectivity index is 1.25. The number of likely N-dealkylation sites (tertiary alicyclic amines) is 1. The number of pyridine rings is 1. The van der Waals surface area contributed by atoms with Gasteiger partial charge in [0.25, 0.3) is 0 Å². The summed E-state index contributed by atoms with van der Waals surface area (Å²) in [6, 6.07) is 3.98. The smallest absolute Gasteiger partial charge is 0.226 e. The molecule has 4 heterocycles. The number of aryl methyl sites for hydroxylation is 1. The highest BCUT2D eigenvalue weighted by Gasteiger charge is 2.42. The fraction of sp³-hybridized carbons (Fsp3) is 0.550. The van der Waals surface area contributed by atoms with Crippen molar-refractivity contribution in [3.8, 4) is 10.6 Å². The van der Waals surface area contributed by atoms with E-state index in [1.54, 1.807) is 23.7 Å². The van der Waals surface area contributed by atoms with Crippen molar-refractivity contribution in [1.82, 2.24) is 14.9 Å². The van der Waals surface area contributed by atoms with Gasteiger partial charge in [0.2, 0.25) is 5.91 Å². The fourth-order valence-corrected chi connectivity index (χ4v) is 5.51. The van der Waals surface area contributed by atoms with Crippen LogP contribution in [0.1, 0.15) is 29.8 Å². The zero-order valence-electron chi connectivity index (χ0n) is 15.2. The lowest BCUT2D eigenvalue weighted by Gasteiger charge is -2.39. The second-order valence-electron chi connectivity index (χ2n) is 7.50. The molecule has 2 aliphatic heterocycles. The summed E-state index contributed by atoms with van der Waals surface area (Å²) in [7, 11) is 0. The molecule has 3 aliphatic rings. The summed E-state index contributed by atoms with van der Waals surface area (Å²) >= 11 is 1.72. The van der Waals surface area contributed by atoms with Crippen LogP contribution >= 0.6 is 11.3 Å². The molecule has 27 heavy (non-hydrogen) atoms. The zero-order valence-corrected chi connectivity index (χ0v) is 16.0. The summed E-state index contributed by atoms with van der Waals surface area (Å²) in [5.41, 5.74) is 2.27. The van der Waals surface area contributed by atoms with Crippen LogP contribution in [0.15, 0.2) is 24.5 Å². The van der Waals surface area contributed by atoms with Gasteiger partial charge in [-0.25, -0.2) is 4.98 Å². The van der Waals surface area contributed by atoms with E-state index in [4.69, 9.17) is 14.5 Å². The first-order chi connectivity index (χ1) is 13.2.